The van der Waals surface area contributed by atoms with Gasteiger partial charge in [0.25, 0.3) is 0 Å². The van der Waals surface area contributed by atoms with E-state index in [1.165, 1.54) is 0 Å². The normalized spacial score (nSPS) is 25.3. The Morgan fingerprint density at radius 3 is 2.60 bits per heavy atom. The highest BCUT2D eigenvalue weighted by Gasteiger charge is 2.42. The number of piperidine rings is 1. The van der Waals surface area contributed by atoms with Gasteiger partial charge in [-0.15, -0.1) is 0 Å². The van der Waals surface area contributed by atoms with Gasteiger partial charge in [0.15, 0.2) is 0 Å². The number of methoxy groups -OCH3 is 1. The molecule has 2 heterocycles. The number of hydrogen-bond acceptors (Lipinski definition) is 4. The summed E-state index contributed by atoms with van der Waals surface area (Å²) < 4.78 is 12.0. The van der Waals surface area contributed by atoms with E-state index < -0.39 is 0 Å². The lowest BCUT2D eigenvalue weighted by molar-refractivity contribution is -0.130. The minimum Gasteiger partial charge on any atom is -0.490 e. The van der Waals surface area contributed by atoms with Crippen LogP contribution in [-0.2, 0) is 9.53 Å². The molecule has 0 aliphatic carbocycles. The van der Waals surface area contributed by atoms with Gasteiger partial charge in [0.05, 0.1) is 0 Å². The van der Waals surface area contributed by atoms with Gasteiger partial charge in [0.2, 0.25) is 5.91 Å². The van der Waals surface area contributed by atoms with Crippen LogP contribution in [-0.4, -0.2) is 67.2 Å². The number of carbonyl (C=O) groups is 1. The Morgan fingerprint density at radius 1 is 1.24 bits per heavy atom. The van der Waals surface area contributed by atoms with E-state index in [4.69, 9.17) is 9.47 Å². The molecule has 1 aromatic rings. The Labute approximate surface area is 150 Å². The highest BCUT2D eigenvalue weighted by atomic mass is 16.5. The number of aryl methyl sites for hydroxylation is 1. The van der Waals surface area contributed by atoms with Crippen molar-refractivity contribution in [2.75, 3.05) is 39.9 Å². The van der Waals surface area contributed by atoms with E-state index in [1.807, 2.05) is 23.1 Å². The number of benzene rings is 1. The molecule has 0 spiro atoms. The summed E-state index contributed by atoms with van der Waals surface area (Å²) in [5, 5.41) is 0. The average Bonchev–Trinajstić information content (AvgIpc) is 3.06. The van der Waals surface area contributed by atoms with Gasteiger partial charge in [-0.3, -0.25) is 9.69 Å². The Bertz CT molecular complexity index is 598. The maximum absolute atomic E-state index is 11.5. The van der Waals surface area contributed by atoms with Gasteiger partial charge < -0.3 is 14.4 Å². The van der Waals surface area contributed by atoms with E-state index >= 15 is 0 Å². The maximum Gasteiger partial charge on any atom is 0.219 e. The Balaban J connectivity index is 1.56. The lowest BCUT2D eigenvalue weighted by atomic mass is 10.0. The molecular weight excluding hydrogens is 316 g/mol. The molecule has 2 fully saturated rings. The standard InChI is InChI=1S/C20H30N2O3/c1-16-6-4-5-7-19(16)25-15-20(24-3)10-13-22(14-20)18-8-11-21(12-9-18)17(2)23/h4-7,18H,8-15H2,1-3H3. The Hall–Kier alpha value is -1.59. The summed E-state index contributed by atoms with van der Waals surface area (Å²) in [5.74, 6) is 1.13. The van der Waals surface area contributed by atoms with Crippen LogP contribution >= 0.6 is 0 Å². The van der Waals surface area contributed by atoms with E-state index in [1.54, 1.807) is 14.0 Å². The van der Waals surface area contributed by atoms with Gasteiger partial charge in [-0.25, -0.2) is 0 Å². The molecule has 0 radical (unpaired) electrons. The second-order valence-corrected chi connectivity index (χ2v) is 7.40. The van der Waals surface area contributed by atoms with Crippen molar-refractivity contribution < 1.29 is 14.3 Å². The van der Waals surface area contributed by atoms with E-state index in [0.29, 0.717) is 12.6 Å². The molecule has 1 unspecified atom stereocenters. The summed E-state index contributed by atoms with van der Waals surface area (Å²) in [6.07, 6.45) is 3.10. The minimum absolute atomic E-state index is 0.192. The van der Waals surface area contributed by atoms with Crippen LogP contribution in [0.25, 0.3) is 0 Å². The SMILES string of the molecule is COC1(COc2ccccc2C)CCN(C2CCN(C(C)=O)CC2)C1. The molecule has 0 aromatic heterocycles. The van der Waals surface area contributed by atoms with Gasteiger partial charge in [-0.1, -0.05) is 18.2 Å². The first kappa shape index (κ1) is 18.2. The third-order valence-electron chi connectivity index (χ3n) is 5.79. The number of rotatable bonds is 5. The zero-order valence-corrected chi connectivity index (χ0v) is 15.7. The zero-order chi connectivity index (χ0) is 17.9. The van der Waals surface area contributed by atoms with Crippen LogP contribution < -0.4 is 4.74 Å². The molecule has 5 nitrogen and oxygen atoms in total. The van der Waals surface area contributed by atoms with Gasteiger partial charge in [-0.05, 0) is 37.8 Å². The van der Waals surface area contributed by atoms with Crippen molar-refractivity contribution in [3.05, 3.63) is 29.8 Å². The van der Waals surface area contributed by atoms with Crippen LogP contribution in [0.2, 0.25) is 0 Å². The predicted octanol–water partition coefficient (Wildman–Crippen LogP) is 2.48. The second kappa shape index (κ2) is 7.75. The van der Waals surface area contributed by atoms with Crippen molar-refractivity contribution in [3.8, 4) is 5.75 Å². The van der Waals surface area contributed by atoms with Gasteiger partial charge in [0, 0.05) is 46.3 Å². The average molecular weight is 346 g/mol. The summed E-state index contributed by atoms with van der Waals surface area (Å²) in [5.41, 5.74) is 0.917. The quantitative estimate of drug-likeness (QED) is 0.821. The molecule has 0 saturated carbocycles. The molecule has 0 bridgehead atoms. The van der Waals surface area contributed by atoms with E-state index in [0.717, 1.165) is 56.8 Å². The van der Waals surface area contributed by atoms with Crippen molar-refractivity contribution in [1.29, 1.82) is 0 Å². The second-order valence-electron chi connectivity index (χ2n) is 7.40. The molecule has 5 heteroatoms. The van der Waals surface area contributed by atoms with Crippen molar-refractivity contribution in [3.63, 3.8) is 0 Å². The smallest absolute Gasteiger partial charge is 0.219 e. The first-order valence-electron chi connectivity index (χ1n) is 9.26. The summed E-state index contributed by atoms with van der Waals surface area (Å²) in [4.78, 5) is 16.0. The molecule has 2 aliphatic rings. The fourth-order valence-electron chi connectivity index (χ4n) is 4.00. The summed E-state index contributed by atoms with van der Waals surface area (Å²) >= 11 is 0. The van der Waals surface area contributed by atoms with Gasteiger partial charge >= 0.3 is 0 Å². The Kier molecular flexibility index (Phi) is 5.64. The fraction of sp³-hybridized carbons (Fsp3) is 0.650. The summed E-state index contributed by atoms with van der Waals surface area (Å²) in [6, 6.07) is 8.66. The zero-order valence-electron chi connectivity index (χ0n) is 15.7. The number of ether oxygens (including phenoxy) is 2. The van der Waals surface area contributed by atoms with Crippen LogP contribution in [0.15, 0.2) is 24.3 Å². The largest absolute Gasteiger partial charge is 0.490 e. The molecule has 2 aliphatic heterocycles. The number of nitrogens with zero attached hydrogens (tertiary/aromatic N) is 2. The first-order chi connectivity index (χ1) is 12.0. The summed E-state index contributed by atoms with van der Waals surface area (Å²) in [7, 11) is 1.79. The third kappa shape index (κ3) is 4.15. The number of likely N-dealkylation sites (tertiary alicyclic amines) is 2. The predicted molar refractivity (Wildman–Crippen MR) is 97.9 cm³/mol. The molecule has 1 atom stereocenters. The number of carbonyl (C=O) groups excluding carboxylic acids is 1. The minimum atomic E-state index is -0.236. The van der Waals surface area contributed by atoms with Gasteiger partial charge in [-0.2, -0.15) is 0 Å². The fourth-order valence-corrected chi connectivity index (χ4v) is 4.00. The monoisotopic (exact) mass is 346 g/mol. The van der Waals surface area contributed by atoms with E-state index in [2.05, 4.69) is 17.9 Å². The first-order valence-corrected chi connectivity index (χ1v) is 9.26. The lowest BCUT2D eigenvalue weighted by Gasteiger charge is -2.37. The van der Waals surface area contributed by atoms with Crippen molar-refractivity contribution >= 4 is 5.91 Å². The van der Waals surface area contributed by atoms with E-state index in [9.17, 15) is 4.79 Å². The highest BCUT2D eigenvalue weighted by molar-refractivity contribution is 5.73. The molecule has 1 aromatic carbocycles. The molecule has 25 heavy (non-hydrogen) atoms. The Morgan fingerprint density at radius 2 is 1.96 bits per heavy atom. The van der Waals surface area contributed by atoms with Crippen molar-refractivity contribution in [2.24, 2.45) is 0 Å². The third-order valence-corrected chi connectivity index (χ3v) is 5.79. The molecule has 3 rings (SSSR count). The maximum atomic E-state index is 11.5. The van der Waals surface area contributed by atoms with Crippen LogP contribution in [0.5, 0.6) is 5.75 Å². The number of para-hydroxylation sites is 1. The van der Waals surface area contributed by atoms with Crippen LogP contribution in [0.1, 0.15) is 31.7 Å². The molecule has 2 saturated heterocycles. The highest BCUT2D eigenvalue weighted by Crippen LogP contribution is 2.31. The molecule has 0 N–H and O–H groups in total. The van der Waals surface area contributed by atoms with Crippen LogP contribution in [0.3, 0.4) is 0 Å². The topological polar surface area (TPSA) is 42.0 Å². The van der Waals surface area contributed by atoms with E-state index in [-0.39, 0.29) is 11.5 Å². The summed E-state index contributed by atoms with van der Waals surface area (Å²) in [6.45, 7) is 7.99. The van der Waals surface area contributed by atoms with Gasteiger partial charge in [0.1, 0.15) is 18.0 Å². The van der Waals surface area contributed by atoms with Crippen LogP contribution in [0, 0.1) is 6.92 Å². The molecular formula is C20H30N2O3. The van der Waals surface area contributed by atoms with Crippen LogP contribution in [0.4, 0.5) is 0 Å². The molecule has 1 amide bonds. The lowest BCUT2D eigenvalue weighted by Crippen LogP contribution is -2.48. The number of amides is 1. The van der Waals surface area contributed by atoms with Crippen molar-refractivity contribution in [1.82, 2.24) is 9.80 Å². The van der Waals surface area contributed by atoms with Crippen molar-refractivity contribution in [2.45, 2.75) is 44.8 Å². The number of hydrogen-bond donors (Lipinski definition) is 0. The molecule has 138 valence electrons.